The van der Waals surface area contributed by atoms with Gasteiger partial charge in [-0.05, 0) is 6.08 Å². The number of phosphoric ester groups is 2. The minimum Gasteiger partial charge on any atom is -0.387 e. The topological polar surface area (TPSA) is 553 Å². The summed E-state index contributed by atoms with van der Waals surface area (Å²) in [5.41, 5.74) is 15.5. The number of phosphoric acid groups is 3. The van der Waals surface area contributed by atoms with Gasteiger partial charge in [0.15, 0.2) is 41.4 Å². The monoisotopic (exact) mass is 1140 g/mol. The molecule has 0 saturated carbocycles. The Labute approximate surface area is 416 Å². The van der Waals surface area contributed by atoms with Crippen LogP contribution in [0.1, 0.15) is 18.7 Å². The van der Waals surface area contributed by atoms with Gasteiger partial charge in [0.1, 0.15) is 54.6 Å². The van der Waals surface area contributed by atoms with Crippen molar-refractivity contribution in [1.29, 1.82) is 0 Å². The summed E-state index contributed by atoms with van der Waals surface area (Å²) in [6, 6.07) is 0. The molecule has 6 aromatic heterocycles. The van der Waals surface area contributed by atoms with Gasteiger partial charge < -0.3 is 76.1 Å². The first-order valence-electron chi connectivity index (χ1n) is 21.1. The third-order valence-corrected chi connectivity index (χ3v) is 16.3. The standard InChI is InChI=1S/C33H45N15O23P4/c1-45-12-48(27-19(45)29(54)44-33(36)42-27)31-22(51)20(49)14(68-31)3-4-72(55,56)70-75(61,62)71-74(59,60)65-6-13(67-16(8-63-2)46-10-39-17-24(34)37-9-38-25(17)46)5-64-73(57,58)66-7-15-21(50)23(52)30(69-15)47-11-40-18-26(47)41-32(35)43-28(18)53/h3-4,9-16,20-23,30-31,49-52H,5-8H2,1-2H3,(H11-,34,35,36,37,38,41,42,43,44,53,54,55,56,57,58,59,60,61,62)/p+1/b4-3-/t13-,14+,15+,16+,20?,21-,22-,23?,30+,31+/m0/s1. The van der Waals surface area contributed by atoms with Crippen molar-refractivity contribution in [3.8, 4) is 0 Å². The maximum atomic E-state index is 13.3. The van der Waals surface area contributed by atoms with E-state index in [1.165, 1.54) is 35.9 Å². The number of nitrogens with one attached hydrogen (secondary N) is 2. The minimum absolute atomic E-state index is 0.0115. The number of methoxy groups -OCH3 is 1. The summed E-state index contributed by atoms with van der Waals surface area (Å²) in [5.74, 6) is -0.445. The molecule has 8 rings (SSSR count). The summed E-state index contributed by atoms with van der Waals surface area (Å²) in [4.78, 5) is 95.3. The molecule has 0 aliphatic carbocycles. The first-order valence-corrected chi connectivity index (χ1v) is 27.3. The van der Waals surface area contributed by atoms with Crippen LogP contribution in [-0.4, -0.2) is 170 Å². The van der Waals surface area contributed by atoms with Gasteiger partial charge in [-0.15, -0.1) is 0 Å². The molecule has 2 saturated heterocycles. The number of ether oxygens (including phenoxy) is 4. The molecular formula is C33H46N15O23P4+. The Hall–Kier alpha value is -5.37. The molecule has 0 aromatic carbocycles. The van der Waals surface area contributed by atoms with E-state index in [0.29, 0.717) is 6.08 Å². The number of nitrogens with two attached hydrogens (primary N) is 3. The molecule has 2 fully saturated rings. The van der Waals surface area contributed by atoms with E-state index in [1.807, 2.05) is 0 Å². The lowest BCUT2D eigenvalue weighted by Gasteiger charge is -2.27. The summed E-state index contributed by atoms with van der Waals surface area (Å²) in [6.45, 7) is -3.70. The number of nitrogen functional groups attached to an aromatic ring is 3. The predicted molar refractivity (Wildman–Crippen MR) is 244 cm³/mol. The van der Waals surface area contributed by atoms with Crippen molar-refractivity contribution in [1.82, 2.24) is 53.6 Å². The fourth-order valence-corrected chi connectivity index (χ4v) is 12.1. The summed E-state index contributed by atoms with van der Waals surface area (Å²) in [5, 5.41) is 43.1. The Balaban J connectivity index is 0.929. The van der Waals surface area contributed by atoms with Crippen molar-refractivity contribution in [3.63, 3.8) is 0 Å². The third kappa shape index (κ3) is 12.3. The molecule has 38 nitrogen and oxygen atoms in total. The van der Waals surface area contributed by atoms with Gasteiger partial charge in [-0.1, -0.05) is 4.98 Å². The Morgan fingerprint density at radius 2 is 1.47 bits per heavy atom. The molecule has 0 radical (unpaired) electrons. The average Bonchev–Trinajstić information content (AvgIpc) is 4.13. The molecule has 0 amide bonds. The highest BCUT2D eigenvalue weighted by molar-refractivity contribution is 7.69. The van der Waals surface area contributed by atoms with Gasteiger partial charge in [0.05, 0.1) is 46.1 Å². The molecule has 2 aliphatic rings. The van der Waals surface area contributed by atoms with Gasteiger partial charge in [0.2, 0.25) is 17.7 Å². The van der Waals surface area contributed by atoms with Crippen LogP contribution in [0.5, 0.6) is 0 Å². The first kappa shape index (κ1) is 55.9. The number of nitrogens with zero attached hydrogens (tertiary/aromatic N) is 10. The number of hydrogen-bond donors (Lipinski definition) is 13. The van der Waals surface area contributed by atoms with E-state index >= 15 is 0 Å². The van der Waals surface area contributed by atoms with Crippen molar-refractivity contribution in [2.24, 2.45) is 7.05 Å². The van der Waals surface area contributed by atoms with E-state index in [-0.39, 0.29) is 63.6 Å². The second-order valence-corrected chi connectivity index (χ2v) is 22.5. The van der Waals surface area contributed by atoms with Gasteiger partial charge in [-0.25, -0.2) is 42.5 Å². The Kier molecular flexibility index (Phi) is 16.1. The SMILES string of the molecule is COC[C@@H](O[C@@H](COP(=O)(O)OC[C@H]1O[C@@H](n2cnc3c(=O)[nH]c(N)nc32)C(O)[C@H]1O)COP(=O)(O)OP(=O)(O)OP(=O)(O)/C=C\[C@H]1O[C@@H]([n+]2cn(C)c3c(=O)[nH]c(N)nc32)[C@@H](O)C1O)n1cnc2c(N)ncnc21. The lowest BCUT2D eigenvalue weighted by atomic mass is 10.1. The number of fused-ring (bicyclic) bond motifs is 3. The zero-order chi connectivity index (χ0) is 54.5. The second kappa shape index (κ2) is 21.6. The molecule has 410 valence electrons. The van der Waals surface area contributed by atoms with Crippen LogP contribution in [0, 0.1) is 0 Å². The Bertz CT molecular complexity index is 3440. The first-order chi connectivity index (χ1) is 35.2. The number of aliphatic hydroxyl groups excluding tert-OH is 4. The number of aromatic nitrogens is 12. The molecule has 42 heteroatoms. The van der Waals surface area contributed by atoms with E-state index in [4.69, 9.17) is 49.7 Å². The quantitative estimate of drug-likeness (QED) is 0.0228. The summed E-state index contributed by atoms with van der Waals surface area (Å²) in [7, 11) is -20.2. The number of aryl methyl sites for hydroxylation is 1. The zero-order valence-corrected chi connectivity index (χ0v) is 41.8. The molecule has 8 heterocycles. The van der Waals surface area contributed by atoms with Gasteiger partial charge >= 0.3 is 36.7 Å². The van der Waals surface area contributed by atoms with E-state index in [9.17, 15) is 67.8 Å². The lowest BCUT2D eigenvalue weighted by molar-refractivity contribution is -0.745. The number of H-pyrrole nitrogens is 2. The smallest absolute Gasteiger partial charge is 0.387 e. The Morgan fingerprint density at radius 3 is 2.19 bits per heavy atom. The lowest BCUT2D eigenvalue weighted by Crippen LogP contribution is -2.46. The fraction of sp³-hybridized carbons (Fsp3) is 0.485. The van der Waals surface area contributed by atoms with Gasteiger partial charge in [-0.3, -0.25) is 51.4 Å². The molecule has 16 N–H and O–H groups in total. The van der Waals surface area contributed by atoms with Crippen LogP contribution in [0.2, 0.25) is 0 Å². The van der Waals surface area contributed by atoms with Gasteiger partial charge in [0.25, 0.3) is 17.1 Å². The van der Waals surface area contributed by atoms with Crippen LogP contribution in [0.4, 0.5) is 17.7 Å². The predicted octanol–water partition coefficient (Wildman–Crippen LogP) is -3.88. The number of aromatic amines is 2. The summed E-state index contributed by atoms with van der Waals surface area (Å²) < 4.78 is 103. The summed E-state index contributed by atoms with van der Waals surface area (Å²) in [6.07, 6.45) is -11.3. The van der Waals surface area contributed by atoms with Gasteiger partial charge in [0, 0.05) is 12.9 Å². The average molecular weight is 1140 g/mol. The molecule has 75 heavy (non-hydrogen) atoms. The van der Waals surface area contributed by atoms with E-state index < -0.39 is 123 Å². The molecular weight excluding hydrogens is 1100 g/mol. The van der Waals surface area contributed by atoms with Crippen LogP contribution < -0.4 is 32.9 Å². The molecule has 0 spiro atoms. The fourth-order valence-electron chi connectivity index (χ4n) is 7.61. The highest BCUT2D eigenvalue weighted by Crippen LogP contribution is 2.68. The van der Waals surface area contributed by atoms with Crippen LogP contribution in [0.15, 0.2) is 46.8 Å². The van der Waals surface area contributed by atoms with Crippen molar-refractivity contribution < 1.29 is 104 Å². The normalized spacial score (nSPS) is 26.4. The highest BCUT2D eigenvalue weighted by atomic mass is 31.3. The highest BCUT2D eigenvalue weighted by Gasteiger charge is 2.48. The molecule has 2 aliphatic heterocycles. The van der Waals surface area contributed by atoms with Crippen molar-refractivity contribution in [2.45, 2.75) is 61.4 Å². The molecule has 0 bridgehead atoms. The number of hydrogen-bond acceptors (Lipinski definition) is 28. The van der Waals surface area contributed by atoms with Gasteiger partial charge in [-0.2, -0.15) is 9.29 Å². The number of aliphatic hydroxyl groups is 4. The summed E-state index contributed by atoms with van der Waals surface area (Å²) >= 11 is 0. The molecule has 14 atom stereocenters. The van der Waals surface area contributed by atoms with Crippen LogP contribution >= 0.6 is 31.1 Å². The van der Waals surface area contributed by atoms with Crippen molar-refractivity contribution in [2.75, 3.05) is 50.7 Å². The molecule has 6 aromatic rings. The van der Waals surface area contributed by atoms with E-state index in [2.05, 4.69) is 48.5 Å². The van der Waals surface area contributed by atoms with E-state index in [0.717, 1.165) is 21.8 Å². The molecule has 6 unspecified atom stereocenters. The number of imidazole rings is 3. The van der Waals surface area contributed by atoms with Crippen molar-refractivity contribution >= 4 is 82.3 Å². The largest absolute Gasteiger partial charge is 0.488 e. The maximum Gasteiger partial charge on any atom is 0.488 e. The van der Waals surface area contributed by atoms with Crippen LogP contribution in [0.25, 0.3) is 33.5 Å². The van der Waals surface area contributed by atoms with Crippen LogP contribution in [0.3, 0.4) is 0 Å². The second-order valence-electron chi connectivity index (χ2n) is 16.2. The minimum atomic E-state index is -6.13. The third-order valence-electron chi connectivity index (χ3n) is 10.9. The van der Waals surface area contributed by atoms with Crippen LogP contribution in [-0.2, 0) is 66.4 Å². The zero-order valence-electron chi connectivity index (χ0n) is 38.3. The number of rotatable bonds is 22. The van der Waals surface area contributed by atoms with E-state index in [1.54, 1.807) is 0 Å². The Morgan fingerprint density at radius 1 is 0.787 bits per heavy atom. The maximum absolute atomic E-state index is 13.3. The van der Waals surface area contributed by atoms with Crippen molar-refractivity contribution in [3.05, 3.63) is 57.9 Å². The number of anilines is 3.